The first-order chi connectivity index (χ1) is 7.33. The first kappa shape index (κ1) is 12.6. The van der Waals surface area contributed by atoms with Crippen LogP contribution in [-0.2, 0) is 9.53 Å². The van der Waals surface area contributed by atoms with E-state index in [9.17, 15) is 9.59 Å². The second kappa shape index (κ2) is 4.56. The van der Waals surface area contributed by atoms with Crippen LogP contribution in [0.3, 0.4) is 0 Å². The van der Waals surface area contributed by atoms with E-state index >= 15 is 0 Å². The largest absolute Gasteiger partial charge is 0.444 e. The Balaban J connectivity index is 2.53. The zero-order chi connectivity index (χ0) is 12.3. The summed E-state index contributed by atoms with van der Waals surface area (Å²) in [5, 5.41) is 2.53. The van der Waals surface area contributed by atoms with Crippen LogP contribution in [0.4, 0.5) is 4.79 Å². The van der Waals surface area contributed by atoms with E-state index in [0.29, 0.717) is 0 Å². The Hall–Kier alpha value is -1.50. The van der Waals surface area contributed by atoms with Crippen LogP contribution < -0.4 is 5.32 Å². The van der Waals surface area contributed by atoms with E-state index < -0.39 is 17.7 Å². The van der Waals surface area contributed by atoms with Crippen molar-refractivity contribution in [1.82, 2.24) is 5.32 Å². The van der Waals surface area contributed by atoms with Crippen molar-refractivity contribution < 1.29 is 14.3 Å². The molecule has 1 aliphatic rings. The van der Waals surface area contributed by atoms with Crippen molar-refractivity contribution in [1.29, 1.82) is 0 Å². The number of terminal acetylenes is 1. The van der Waals surface area contributed by atoms with Crippen molar-refractivity contribution in [3.63, 3.8) is 0 Å². The van der Waals surface area contributed by atoms with Gasteiger partial charge in [0.05, 0.1) is 0 Å². The minimum atomic E-state index is -0.590. The predicted molar refractivity (Wildman–Crippen MR) is 59.7 cm³/mol. The van der Waals surface area contributed by atoms with Gasteiger partial charge in [0.15, 0.2) is 0 Å². The molecule has 0 aromatic heterocycles. The number of Topliss-reactive ketones (excluding diaryl/α,β-unsaturated/α-hetero) is 1. The van der Waals surface area contributed by atoms with Gasteiger partial charge in [0.25, 0.3) is 0 Å². The molecule has 4 heteroatoms. The van der Waals surface area contributed by atoms with E-state index in [1.807, 2.05) is 5.92 Å². The molecule has 1 saturated carbocycles. The molecule has 1 fully saturated rings. The van der Waals surface area contributed by atoms with Crippen molar-refractivity contribution in [3.8, 4) is 12.3 Å². The van der Waals surface area contributed by atoms with Gasteiger partial charge >= 0.3 is 6.09 Å². The summed E-state index contributed by atoms with van der Waals surface area (Å²) in [6.07, 6.45) is 6.31. The molecule has 1 N–H and O–H groups in total. The molecule has 1 atom stereocenters. The topological polar surface area (TPSA) is 55.4 Å². The minimum absolute atomic E-state index is 0.177. The highest BCUT2D eigenvalue weighted by atomic mass is 16.6. The zero-order valence-corrected chi connectivity index (χ0v) is 9.87. The fourth-order valence-electron chi connectivity index (χ4n) is 1.35. The lowest BCUT2D eigenvalue weighted by Crippen LogP contribution is -2.44. The maximum absolute atomic E-state index is 11.5. The van der Waals surface area contributed by atoms with Gasteiger partial charge in [-0.2, -0.15) is 0 Å². The molecule has 0 bridgehead atoms. The van der Waals surface area contributed by atoms with Crippen LogP contribution in [0.15, 0.2) is 0 Å². The molecule has 1 amide bonds. The second-order valence-corrected chi connectivity index (χ2v) is 4.97. The highest BCUT2D eigenvalue weighted by molar-refractivity contribution is 6.01. The molecular weight excluding hydrogens is 206 g/mol. The normalized spacial score (nSPS) is 17.1. The monoisotopic (exact) mass is 223 g/mol. The van der Waals surface area contributed by atoms with Crippen LogP contribution in [0.1, 0.15) is 33.6 Å². The van der Waals surface area contributed by atoms with E-state index in [4.69, 9.17) is 11.2 Å². The van der Waals surface area contributed by atoms with Gasteiger partial charge in [-0.25, -0.2) is 4.79 Å². The maximum Gasteiger partial charge on any atom is 0.408 e. The van der Waals surface area contributed by atoms with Gasteiger partial charge in [-0.3, -0.25) is 4.79 Å². The lowest BCUT2D eigenvalue weighted by atomic mass is 10.1. The third-order valence-electron chi connectivity index (χ3n) is 2.19. The molecule has 0 aromatic rings. The fraction of sp³-hybridized carbons (Fsp3) is 0.667. The van der Waals surface area contributed by atoms with E-state index in [2.05, 4.69) is 5.32 Å². The number of ether oxygens (including phenoxy) is 1. The summed E-state index contributed by atoms with van der Waals surface area (Å²) < 4.78 is 5.07. The standard InChI is InChI=1S/C12H17NO3/c1-5-9(14)10(8-6-7-8)13-11(15)16-12(2,3)4/h1,8,10H,6-7H2,2-4H3,(H,13,15)/t10-/m1/s1. The van der Waals surface area contributed by atoms with Gasteiger partial charge in [0.2, 0.25) is 5.78 Å². The predicted octanol–water partition coefficient (Wildman–Crippen LogP) is 1.49. The third kappa shape index (κ3) is 3.93. The average molecular weight is 223 g/mol. The van der Waals surface area contributed by atoms with E-state index in [0.717, 1.165) is 12.8 Å². The van der Waals surface area contributed by atoms with Crippen LogP contribution >= 0.6 is 0 Å². The quantitative estimate of drug-likeness (QED) is 0.582. The van der Waals surface area contributed by atoms with E-state index in [-0.39, 0.29) is 11.7 Å². The van der Waals surface area contributed by atoms with Crippen LogP contribution in [0, 0.1) is 18.3 Å². The van der Waals surface area contributed by atoms with Gasteiger partial charge in [0.1, 0.15) is 11.6 Å². The molecule has 0 saturated heterocycles. The molecule has 16 heavy (non-hydrogen) atoms. The van der Waals surface area contributed by atoms with Gasteiger partial charge in [0, 0.05) is 0 Å². The highest BCUT2D eigenvalue weighted by Crippen LogP contribution is 2.33. The molecule has 1 aliphatic carbocycles. The Kier molecular flexibility index (Phi) is 3.58. The first-order valence-electron chi connectivity index (χ1n) is 5.33. The Morgan fingerprint density at radius 3 is 2.38 bits per heavy atom. The Morgan fingerprint density at radius 1 is 1.44 bits per heavy atom. The maximum atomic E-state index is 11.5. The molecule has 0 aromatic carbocycles. The molecule has 1 rings (SSSR count). The minimum Gasteiger partial charge on any atom is -0.444 e. The van der Waals surface area contributed by atoms with Crippen LogP contribution in [0.5, 0.6) is 0 Å². The van der Waals surface area contributed by atoms with Crippen molar-refractivity contribution >= 4 is 11.9 Å². The molecule has 0 spiro atoms. The number of carbonyl (C=O) groups excluding carboxylic acids is 2. The summed E-state index contributed by atoms with van der Waals surface area (Å²) in [4.78, 5) is 22.9. The summed E-state index contributed by atoms with van der Waals surface area (Å²) in [5.41, 5.74) is -0.572. The second-order valence-electron chi connectivity index (χ2n) is 4.97. The number of alkyl carbamates (subject to hydrolysis) is 1. The Morgan fingerprint density at radius 2 is 2.00 bits per heavy atom. The summed E-state index contributed by atoms with van der Waals surface area (Å²) in [6, 6.07) is -0.583. The van der Waals surface area contributed by atoms with E-state index in [1.165, 1.54) is 0 Å². The van der Waals surface area contributed by atoms with Gasteiger partial charge in [-0.15, -0.1) is 6.42 Å². The van der Waals surface area contributed by atoms with Crippen molar-refractivity contribution in [3.05, 3.63) is 0 Å². The molecule has 0 aliphatic heterocycles. The van der Waals surface area contributed by atoms with Crippen LogP contribution in [-0.4, -0.2) is 23.5 Å². The van der Waals surface area contributed by atoms with Gasteiger partial charge in [-0.1, -0.05) is 0 Å². The molecule has 0 radical (unpaired) electrons. The first-order valence-corrected chi connectivity index (χ1v) is 5.33. The fourth-order valence-corrected chi connectivity index (χ4v) is 1.35. The highest BCUT2D eigenvalue weighted by Gasteiger charge is 2.37. The number of hydrogen-bond acceptors (Lipinski definition) is 3. The molecule has 0 unspecified atom stereocenters. The number of rotatable bonds is 3. The third-order valence-corrected chi connectivity index (χ3v) is 2.19. The zero-order valence-electron chi connectivity index (χ0n) is 9.87. The van der Waals surface area contributed by atoms with Crippen molar-refractivity contribution in [2.75, 3.05) is 0 Å². The average Bonchev–Trinajstić information content (AvgIpc) is 2.93. The Bertz CT molecular complexity index is 331. The molecule has 4 nitrogen and oxygen atoms in total. The number of carbonyl (C=O) groups is 2. The SMILES string of the molecule is C#CC(=O)[C@H](NC(=O)OC(C)(C)C)C1CC1. The summed E-state index contributed by atoms with van der Waals surface area (Å²) in [7, 11) is 0. The number of amides is 1. The van der Waals surface area contributed by atoms with Gasteiger partial charge < -0.3 is 10.1 Å². The van der Waals surface area contributed by atoms with Crippen molar-refractivity contribution in [2.24, 2.45) is 5.92 Å². The summed E-state index contributed by atoms with van der Waals surface area (Å²) in [6.45, 7) is 5.30. The van der Waals surface area contributed by atoms with Gasteiger partial charge in [-0.05, 0) is 45.5 Å². The number of nitrogens with one attached hydrogen (secondary N) is 1. The Labute approximate surface area is 95.7 Å². The van der Waals surface area contributed by atoms with E-state index in [1.54, 1.807) is 20.8 Å². The van der Waals surface area contributed by atoms with Crippen LogP contribution in [0.25, 0.3) is 0 Å². The number of ketones is 1. The van der Waals surface area contributed by atoms with Crippen molar-refractivity contribution in [2.45, 2.75) is 45.3 Å². The summed E-state index contributed by atoms with van der Waals surface area (Å²) in [5.74, 6) is 1.84. The summed E-state index contributed by atoms with van der Waals surface area (Å²) >= 11 is 0. The smallest absolute Gasteiger partial charge is 0.408 e. The molecule has 0 heterocycles. The molecular formula is C12H17NO3. The lowest BCUT2D eigenvalue weighted by molar-refractivity contribution is -0.116. The number of hydrogen-bond donors (Lipinski definition) is 1. The van der Waals surface area contributed by atoms with Crippen LogP contribution in [0.2, 0.25) is 0 Å². The lowest BCUT2D eigenvalue weighted by Gasteiger charge is -2.22. The molecule has 88 valence electrons.